The lowest BCUT2D eigenvalue weighted by atomic mass is 10.0. The molecule has 0 aromatic heterocycles. The van der Waals surface area contributed by atoms with Gasteiger partial charge in [0.1, 0.15) is 6.04 Å². The van der Waals surface area contributed by atoms with E-state index < -0.39 is 29.9 Å². The molecule has 0 unspecified atom stereocenters. The Labute approximate surface area is 175 Å². The number of rotatable bonds is 6. The number of aryl methyl sites for hydroxylation is 2. The number of carbonyl (C=O) groups excluding carboxylic acids is 4. The Hall–Kier alpha value is -3.28. The first kappa shape index (κ1) is 21.4. The van der Waals surface area contributed by atoms with E-state index in [-0.39, 0.29) is 22.8 Å². The zero-order chi connectivity index (χ0) is 22.2. The summed E-state index contributed by atoms with van der Waals surface area (Å²) in [4.78, 5) is 52.2. The fourth-order valence-corrected chi connectivity index (χ4v) is 3.56. The average molecular weight is 407 g/mol. The molecule has 2 aromatic carbocycles. The minimum absolute atomic E-state index is 0.264. The average Bonchev–Trinajstić information content (AvgIpc) is 2.95. The molecule has 0 aliphatic carbocycles. The zero-order valence-electron chi connectivity index (χ0n) is 17.8. The SMILES string of the molecule is Cc1ccc(C(=O)[C@@H](C)OC(=O)[C@H](C(C)C)N2C(=O)c3ccccc3C2=O)cc1C. The summed E-state index contributed by atoms with van der Waals surface area (Å²) >= 11 is 0. The summed E-state index contributed by atoms with van der Waals surface area (Å²) in [6.07, 6.45) is -1.05. The van der Waals surface area contributed by atoms with Gasteiger partial charge in [0.2, 0.25) is 5.78 Å². The van der Waals surface area contributed by atoms with Crippen LogP contribution in [0.5, 0.6) is 0 Å². The lowest BCUT2D eigenvalue weighted by Gasteiger charge is -2.28. The van der Waals surface area contributed by atoms with Gasteiger partial charge in [-0.15, -0.1) is 0 Å². The topological polar surface area (TPSA) is 80.8 Å². The molecule has 30 heavy (non-hydrogen) atoms. The Balaban J connectivity index is 1.81. The predicted molar refractivity (Wildman–Crippen MR) is 111 cm³/mol. The van der Waals surface area contributed by atoms with E-state index in [2.05, 4.69) is 0 Å². The van der Waals surface area contributed by atoms with E-state index in [1.165, 1.54) is 6.92 Å². The molecule has 2 aromatic rings. The van der Waals surface area contributed by atoms with Crippen molar-refractivity contribution in [3.05, 3.63) is 70.3 Å². The van der Waals surface area contributed by atoms with Gasteiger partial charge in [0.15, 0.2) is 6.10 Å². The van der Waals surface area contributed by atoms with Gasteiger partial charge in [0.05, 0.1) is 11.1 Å². The van der Waals surface area contributed by atoms with Gasteiger partial charge in [0.25, 0.3) is 11.8 Å². The third-order valence-electron chi connectivity index (χ3n) is 5.43. The van der Waals surface area contributed by atoms with E-state index in [1.807, 2.05) is 19.9 Å². The molecule has 2 atom stereocenters. The number of ether oxygens (including phenoxy) is 1. The number of nitrogens with zero attached hydrogens (tertiary/aromatic N) is 1. The Morgan fingerprint density at radius 1 is 0.867 bits per heavy atom. The highest BCUT2D eigenvalue weighted by atomic mass is 16.5. The molecule has 156 valence electrons. The van der Waals surface area contributed by atoms with Crippen molar-refractivity contribution in [2.75, 3.05) is 0 Å². The van der Waals surface area contributed by atoms with E-state index in [0.29, 0.717) is 5.56 Å². The van der Waals surface area contributed by atoms with Crippen molar-refractivity contribution in [2.24, 2.45) is 5.92 Å². The smallest absolute Gasteiger partial charge is 0.330 e. The summed E-state index contributed by atoms with van der Waals surface area (Å²) < 4.78 is 5.43. The van der Waals surface area contributed by atoms with Crippen LogP contribution in [0, 0.1) is 19.8 Å². The van der Waals surface area contributed by atoms with Crippen LogP contribution in [0.25, 0.3) is 0 Å². The normalized spacial score (nSPS) is 15.2. The zero-order valence-corrected chi connectivity index (χ0v) is 17.8. The number of hydrogen-bond donors (Lipinski definition) is 0. The number of imide groups is 1. The first-order valence-electron chi connectivity index (χ1n) is 9.92. The van der Waals surface area contributed by atoms with Gasteiger partial charge >= 0.3 is 5.97 Å². The Kier molecular flexibility index (Phi) is 5.87. The fraction of sp³-hybridized carbons (Fsp3) is 0.333. The van der Waals surface area contributed by atoms with E-state index in [9.17, 15) is 19.2 Å². The number of amides is 2. The molecule has 2 amide bonds. The number of hydrogen-bond acceptors (Lipinski definition) is 5. The Morgan fingerprint density at radius 2 is 1.43 bits per heavy atom. The monoisotopic (exact) mass is 407 g/mol. The van der Waals surface area contributed by atoms with E-state index >= 15 is 0 Å². The summed E-state index contributed by atoms with van der Waals surface area (Å²) in [6.45, 7) is 8.80. The van der Waals surface area contributed by atoms with Gasteiger partial charge in [0, 0.05) is 5.56 Å². The predicted octanol–water partition coefficient (Wildman–Crippen LogP) is 3.74. The summed E-state index contributed by atoms with van der Waals surface area (Å²) in [7, 11) is 0. The summed E-state index contributed by atoms with van der Waals surface area (Å²) in [6, 6.07) is 10.6. The number of benzene rings is 2. The number of carbonyl (C=O) groups is 4. The molecule has 1 aliphatic heterocycles. The lowest BCUT2D eigenvalue weighted by molar-refractivity contribution is -0.152. The highest BCUT2D eigenvalue weighted by molar-refractivity contribution is 6.22. The molecule has 6 nitrogen and oxygen atoms in total. The quantitative estimate of drug-likeness (QED) is 0.414. The maximum atomic E-state index is 13.0. The molecule has 0 N–H and O–H groups in total. The highest BCUT2D eigenvalue weighted by Crippen LogP contribution is 2.28. The van der Waals surface area contributed by atoms with Crippen LogP contribution in [0.3, 0.4) is 0 Å². The Bertz CT molecular complexity index is 1000. The molecule has 0 fully saturated rings. The van der Waals surface area contributed by atoms with E-state index in [4.69, 9.17) is 4.74 Å². The third-order valence-corrected chi connectivity index (χ3v) is 5.43. The summed E-state index contributed by atoms with van der Waals surface area (Å²) in [5.41, 5.74) is 2.99. The van der Waals surface area contributed by atoms with E-state index in [0.717, 1.165) is 16.0 Å². The highest BCUT2D eigenvalue weighted by Gasteiger charge is 2.45. The van der Waals surface area contributed by atoms with Crippen LogP contribution in [0.15, 0.2) is 42.5 Å². The first-order chi connectivity index (χ1) is 14.1. The van der Waals surface area contributed by atoms with Crippen molar-refractivity contribution < 1.29 is 23.9 Å². The van der Waals surface area contributed by atoms with Crippen molar-refractivity contribution in [1.29, 1.82) is 0 Å². The second kappa shape index (κ2) is 8.22. The second-order valence-corrected chi connectivity index (χ2v) is 7.96. The van der Waals surface area contributed by atoms with Crippen LogP contribution >= 0.6 is 0 Å². The lowest BCUT2D eigenvalue weighted by Crippen LogP contribution is -2.49. The maximum absolute atomic E-state index is 13.0. The van der Waals surface area contributed by atoms with Crippen molar-refractivity contribution in [1.82, 2.24) is 4.90 Å². The number of Topliss-reactive ketones (excluding diaryl/α,β-unsaturated/α-hetero) is 1. The Morgan fingerprint density at radius 3 is 1.93 bits per heavy atom. The van der Waals surface area contributed by atoms with Crippen LogP contribution < -0.4 is 0 Å². The fourth-order valence-electron chi connectivity index (χ4n) is 3.56. The van der Waals surface area contributed by atoms with Crippen LogP contribution in [0.4, 0.5) is 0 Å². The van der Waals surface area contributed by atoms with Gasteiger partial charge < -0.3 is 4.74 Å². The van der Waals surface area contributed by atoms with E-state index in [1.54, 1.807) is 50.2 Å². The van der Waals surface area contributed by atoms with Gasteiger partial charge in [-0.1, -0.05) is 38.1 Å². The molecule has 1 aliphatic rings. The molecule has 0 spiro atoms. The summed E-state index contributed by atoms with van der Waals surface area (Å²) in [5, 5.41) is 0. The van der Waals surface area contributed by atoms with Gasteiger partial charge in [-0.2, -0.15) is 0 Å². The standard InChI is InChI=1S/C24H25NO5/c1-13(2)20(25-22(27)18-8-6-7-9-19(18)23(25)28)24(29)30-16(5)21(26)17-11-10-14(3)15(4)12-17/h6-13,16,20H,1-5H3/t16-,20+/m1/s1. The van der Waals surface area contributed by atoms with Crippen LogP contribution in [0.2, 0.25) is 0 Å². The largest absolute Gasteiger partial charge is 0.453 e. The molecule has 0 bridgehead atoms. The molecule has 0 radical (unpaired) electrons. The summed E-state index contributed by atoms with van der Waals surface area (Å²) in [5.74, 6) is -2.55. The molecule has 1 heterocycles. The van der Waals surface area contributed by atoms with Gasteiger partial charge in [-0.05, 0) is 56.0 Å². The second-order valence-electron chi connectivity index (χ2n) is 7.96. The van der Waals surface area contributed by atoms with Gasteiger partial charge in [-0.25, -0.2) is 4.79 Å². The molecular weight excluding hydrogens is 382 g/mol. The molecule has 6 heteroatoms. The van der Waals surface area contributed by atoms with Gasteiger partial charge in [-0.3, -0.25) is 19.3 Å². The third kappa shape index (κ3) is 3.77. The van der Waals surface area contributed by atoms with Crippen LogP contribution in [-0.4, -0.2) is 40.6 Å². The number of ketones is 1. The minimum atomic E-state index is -1.12. The van der Waals surface area contributed by atoms with Crippen molar-refractivity contribution in [2.45, 2.75) is 46.8 Å². The van der Waals surface area contributed by atoms with Crippen LogP contribution in [0.1, 0.15) is 63.0 Å². The molecule has 0 saturated heterocycles. The van der Waals surface area contributed by atoms with Crippen molar-refractivity contribution >= 4 is 23.6 Å². The molecule has 0 saturated carbocycles. The minimum Gasteiger partial charge on any atom is -0.453 e. The maximum Gasteiger partial charge on any atom is 0.330 e. The van der Waals surface area contributed by atoms with Crippen molar-refractivity contribution in [3.8, 4) is 0 Å². The number of fused-ring (bicyclic) bond motifs is 1. The van der Waals surface area contributed by atoms with Crippen molar-refractivity contribution in [3.63, 3.8) is 0 Å². The first-order valence-corrected chi connectivity index (χ1v) is 9.92. The molecule has 3 rings (SSSR count). The number of esters is 1. The van der Waals surface area contributed by atoms with Crippen LogP contribution in [-0.2, 0) is 9.53 Å². The molecular formula is C24H25NO5.